The van der Waals surface area contributed by atoms with Crippen LogP contribution in [0.1, 0.15) is 42.3 Å². The summed E-state index contributed by atoms with van der Waals surface area (Å²) in [5.74, 6) is 0.303. The molecule has 1 fully saturated rings. The van der Waals surface area contributed by atoms with Crippen molar-refractivity contribution in [2.24, 2.45) is 0 Å². The smallest absolute Gasteiger partial charge is 0.192 e. The Morgan fingerprint density at radius 1 is 1.67 bits per heavy atom. The topological polar surface area (TPSA) is 29.1 Å². The van der Waals surface area contributed by atoms with Crippen molar-refractivity contribution in [2.45, 2.75) is 38.1 Å². The van der Waals surface area contributed by atoms with Gasteiger partial charge in [0.25, 0.3) is 0 Å². The minimum Gasteiger partial charge on any atom is -0.305 e. The first kappa shape index (κ1) is 10.8. The van der Waals surface area contributed by atoms with E-state index in [9.17, 15) is 4.79 Å². The molecule has 1 N–H and O–H groups in total. The van der Waals surface area contributed by atoms with Gasteiger partial charge in [0.15, 0.2) is 5.78 Å². The summed E-state index contributed by atoms with van der Waals surface area (Å²) in [5.41, 5.74) is -0.250. The fourth-order valence-corrected chi connectivity index (χ4v) is 3.16. The molecule has 1 saturated heterocycles. The van der Waals surface area contributed by atoms with Gasteiger partial charge in [-0.1, -0.05) is 19.4 Å². The van der Waals surface area contributed by atoms with Gasteiger partial charge in [-0.2, -0.15) is 0 Å². The van der Waals surface area contributed by atoms with Gasteiger partial charge in [-0.25, -0.2) is 0 Å². The molecule has 2 rings (SSSR count). The van der Waals surface area contributed by atoms with E-state index in [0.29, 0.717) is 5.78 Å². The molecule has 2 nitrogen and oxygen atoms in total. The Bertz CT molecular complexity index is 325. The van der Waals surface area contributed by atoms with Crippen molar-refractivity contribution in [3.05, 3.63) is 22.4 Å². The van der Waals surface area contributed by atoms with Crippen LogP contribution in [-0.4, -0.2) is 17.9 Å². The molecule has 0 radical (unpaired) electrons. The first-order chi connectivity index (χ1) is 7.28. The van der Waals surface area contributed by atoms with E-state index in [1.54, 1.807) is 11.3 Å². The Hall–Kier alpha value is -0.670. The summed E-state index contributed by atoms with van der Waals surface area (Å²) in [6.07, 6.45) is 4.14. The van der Waals surface area contributed by atoms with Crippen molar-refractivity contribution in [3.63, 3.8) is 0 Å². The third-order valence-corrected chi connectivity index (χ3v) is 3.97. The van der Waals surface area contributed by atoms with E-state index in [1.165, 1.54) is 0 Å². The lowest BCUT2D eigenvalue weighted by Gasteiger charge is -2.26. The number of rotatable bonds is 4. The van der Waals surface area contributed by atoms with Crippen molar-refractivity contribution in [1.29, 1.82) is 0 Å². The maximum absolute atomic E-state index is 12.4. The lowest BCUT2D eigenvalue weighted by molar-refractivity contribution is 0.0862. The Kier molecular flexibility index (Phi) is 3.22. The van der Waals surface area contributed by atoms with Crippen LogP contribution in [0.5, 0.6) is 0 Å². The summed E-state index contributed by atoms with van der Waals surface area (Å²) in [4.78, 5) is 13.3. The quantitative estimate of drug-likeness (QED) is 0.795. The maximum Gasteiger partial charge on any atom is 0.192 e. The second-order valence-corrected chi connectivity index (χ2v) is 5.12. The van der Waals surface area contributed by atoms with Crippen LogP contribution in [0.2, 0.25) is 0 Å². The molecule has 0 aliphatic carbocycles. The highest BCUT2D eigenvalue weighted by molar-refractivity contribution is 7.12. The lowest BCUT2D eigenvalue weighted by Crippen LogP contribution is -2.47. The van der Waals surface area contributed by atoms with Crippen molar-refractivity contribution < 1.29 is 4.79 Å². The predicted octanol–water partition coefficient (Wildman–Crippen LogP) is 2.85. The maximum atomic E-state index is 12.4. The fourth-order valence-electron chi connectivity index (χ4n) is 2.40. The third kappa shape index (κ3) is 1.99. The summed E-state index contributed by atoms with van der Waals surface area (Å²) in [6, 6.07) is 3.89. The SMILES string of the molecule is CCCC1(C(=O)c2cccs2)CCCN1. The standard InChI is InChI=1S/C12H17NOS/c1-2-6-12(7-4-8-13-12)11(14)10-5-3-9-15-10/h3,5,9,13H,2,4,6-8H2,1H3. The number of hydrogen-bond donors (Lipinski definition) is 1. The zero-order chi connectivity index (χ0) is 10.7. The number of thiophene rings is 1. The molecule has 0 saturated carbocycles. The van der Waals surface area contributed by atoms with Gasteiger partial charge in [0.2, 0.25) is 0 Å². The molecule has 15 heavy (non-hydrogen) atoms. The first-order valence-electron chi connectivity index (χ1n) is 5.62. The fraction of sp³-hybridized carbons (Fsp3) is 0.583. The van der Waals surface area contributed by atoms with Crippen LogP contribution in [0.3, 0.4) is 0 Å². The summed E-state index contributed by atoms with van der Waals surface area (Å²) < 4.78 is 0. The predicted molar refractivity (Wildman–Crippen MR) is 63.5 cm³/mol. The Labute approximate surface area is 94.7 Å². The highest BCUT2D eigenvalue weighted by Gasteiger charge is 2.40. The lowest BCUT2D eigenvalue weighted by atomic mass is 9.86. The Morgan fingerprint density at radius 2 is 2.53 bits per heavy atom. The number of ketones is 1. The summed E-state index contributed by atoms with van der Waals surface area (Å²) in [5, 5.41) is 5.39. The third-order valence-electron chi connectivity index (χ3n) is 3.10. The molecular weight excluding hydrogens is 206 g/mol. The van der Waals surface area contributed by atoms with E-state index in [2.05, 4.69) is 12.2 Å². The molecule has 2 heterocycles. The molecule has 1 aromatic rings. The molecule has 82 valence electrons. The molecule has 0 aromatic carbocycles. The average molecular weight is 223 g/mol. The Balaban J connectivity index is 2.21. The molecule has 1 unspecified atom stereocenters. The van der Waals surface area contributed by atoms with Gasteiger partial charge in [-0.05, 0) is 37.3 Å². The number of hydrogen-bond acceptors (Lipinski definition) is 3. The van der Waals surface area contributed by atoms with E-state index < -0.39 is 0 Å². The van der Waals surface area contributed by atoms with Gasteiger partial charge in [0.1, 0.15) is 0 Å². The van der Waals surface area contributed by atoms with Gasteiger partial charge >= 0.3 is 0 Å². The van der Waals surface area contributed by atoms with Gasteiger partial charge < -0.3 is 5.32 Å². The largest absolute Gasteiger partial charge is 0.305 e. The second-order valence-electron chi connectivity index (χ2n) is 4.17. The molecule has 1 atom stereocenters. The van der Waals surface area contributed by atoms with E-state index in [-0.39, 0.29) is 5.54 Å². The monoisotopic (exact) mass is 223 g/mol. The molecule has 0 amide bonds. The van der Waals surface area contributed by atoms with E-state index in [0.717, 1.165) is 37.1 Å². The summed E-state index contributed by atoms with van der Waals surface area (Å²) >= 11 is 1.55. The highest BCUT2D eigenvalue weighted by Crippen LogP contribution is 2.30. The minimum absolute atomic E-state index is 0.250. The molecule has 0 bridgehead atoms. The van der Waals surface area contributed by atoms with Crippen LogP contribution >= 0.6 is 11.3 Å². The number of carbonyl (C=O) groups excluding carboxylic acids is 1. The van der Waals surface area contributed by atoms with E-state index in [4.69, 9.17) is 0 Å². The summed E-state index contributed by atoms with van der Waals surface area (Å²) in [6.45, 7) is 3.13. The van der Waals surface area contributed by atoms with Crippen LogP contribution in [0.25, 0.3) is 0 Å². The van der Waals surface area contributed by atoms with Crippen LogP contribution in [0.15, 0.2) is 17.5 Å². The van der Waals surface area contributed by atoms with Crippen molar-refractivity contribution in [3.8, 4) is 0 Å². The highest BCUT2D eigenvalue weighted by atomic mass is 32.1. The number of carbonyl (C=O) groups is 1. The molecule has 1 aromatic heterocycles. The Morgan fingerprint density at radius 3 is 3.07 bits per heavy atom. The van der Waals surface area contributed by atoms with Crippen LogP contribution in [0.4, 0.5) is 0 Å². The van der Waals surface area contributed by atoms with Crippen LogP contribution < -0.4 is 5.32 Å². The van der Waals surface area contributed by atoms with Crippen molar-refractivity contribution >= 4 is 17.1 Å². The van der Waals surface area contributed by atoms with E-state index >= 15 is 0 Å². The molecule has 0 spiro atoms. The molecular formula is C12H17NOS. The summed E-state index contributed by atoms with van der Waals surface area (Å²) in [7, 11) is 0. The van der Waals surface area contributed by atoms with Crippen molar-refractivity contribution in [2.75, 3.05) is 6.54 Å². The van der Waals surface area contributed by atoms with Crippen LogP contribution in [-0.2, 0) is 0 Å². The number of nitrogens with one attached hydrogen (secondary N) is 1. The minimum atomic E-state index is -0.250. The van der Waals surface area contributed by atoms with Gasteiger partial charge in [-0.3, -0.25) is 4.79 Å². The van der Waals surface area contributed by atoms with E-state index in [1.807, 2.05) is 17.5 Å². The molecule has 1 aliphatic heterocycles. The zero-order valence-electron chi connectivity index (χ0n) is 9.08. The number of Topliss-reactive ketones (excluding diaryl/α,β-unsaturated/α-hetero) is 1. The normalized spacial score (nSPS) is 25.7. The average Bonchev–Trinajstić information content (AvgIpc) is 2.88. The first-order valence-corrected chi connectivity index (χ1v) is 6.50. The van der Waals surface area contributed by atoms with Crippen LogP contribution in [0, 0.1) is 0 Å². The van der Waals surface area contributed by atoms with Crippen molar-refractivity contribution in [1.82, 2.24) is 5.32 Å². The zero-order valence-corrected chi connectivity index (χ0v) is 9.90. The van der Waals surface area contributed by atoms with Gasteiger partial charge in [0, 0.05) is 0 Å². The van der Waals surface area contributed by atoms with Gasteiger partial charge in [-0.15, -0.1) is 11.3 Å². The van der Waals surface area contributed by atoms with Gasteiger partial charge in [0.05, 0.1) is 10.4 Å². The second kappa shape index (κ2) is 4.45. The molecule has 3 heteroatoms. The molecule has 1 aliphatic rings.